The van der Waals surface area contributed by atoms with Crippen LogP contribution >= 0.6 is 15.6 Å². The Bertz CT molecular complexity index is 1950. The summed E-state index contributed by atoms with van der Waals surface area (Å²) in [5.74, 6) is -2.13. The Morgan fingerprint density at radius 2 is 0.500 bits per heavy atom. The second-order valence-corrected chi connectivity index (χ2v) is 30.6. The Balaban J connectivity index is 5.29. The summed E-state index contributed by atoms with van der Waals surface area (Å²) in [6.07, 6.45) is 67.2. The molecule has 0 spiro atoms. The maximum atomic E-state index is 13.1. The van der Waals surface area contributed by atoms with Crippen LogP contribution in [0.2, 0.25) is 0 Å². The normalized spacial score (nSPS) is 14.0. The first-order chi connectivity index (χ1) is 47.7. The highest BCUT2D eigenvalue weighted by molar-refractivity contribution is 7.47. The van der Waals surface area contributed by atoms with Crippen molar-refractivity contribution in [2.24, 2.45) is 0 Å². The van der Waals surface area contributed by atoms with E-state index in [0.29, 0.717) is 25.7 Å². The van der Waals surface area contributed by atoms with Crippen LogP contribution in [0.1, 0.15) is 400 Å². The highest BCUT2D eigenvalue weighted by atomic mass is 31.2. The van der Waals surface area contributed by atoms with E-state index in [9.17, 15) is 43.2 Å². The lowest BCUT2D eigenvalue weighted by Crippen LogP contribution is -2.30. The number of hydrogen-bond donors (Lipinski definition) is 3. The fourth-order valence-electron chi connectivity index (χ4n) is 11.7. The number of phosphoric acid groups is 2. The average molecular weight is 1430 g/mol. The molecule has 0 radical (unpaired) electrons. The zero-order chi connectivity index (χ0) is 71.8. The third-order valence-electron chi connectivity index (χ3n) is 17.9. The molecule has 0 aliphatic carbocycles. The van der Waals surface area contributed by atoms with E-state index in [1.807, 2.05) is 0 Å². The van der Waals surface area contributed by atoms with Gasteiger partial charge in [-0.25, -0.2) is 9.13 Å². The van der Waals surface area contributed by atoms with Crippen molar-refractivity contribution in [3.63, 3.8) is 0 Å². The van der Waals surface area contributed by atoms with Gasteiger partial charge in [-0.15, -0.1) is 0 Å². The zero-order valence-corrected chi connectivity index (χ0v) is 65.0. The van der Waals surface area contributed by atoms with Crippen molar-refractivity contribution in [2.75, 3.05) is 39.6 Å². The van der Waals surface area contributed by atoms with Crippen molar-refractivity contribution < 1.29 is 80.2 Å². The lowest BCUT2D eigenvalue weighted by atomic mass is 10.0. The largest absolute Gasteiger partial charge is 0.472 e. The fourth-order valence-corrected chi connectivity index (χ4v) is 13.3. The van der Waals surface area contributed by atoms with Crippen LogP contribution in [0.25, 0.3) is 0 Å². The number of carbonyl (C=O) groups is 4. The third kappa shape index (κ3) is 71.9. The summed E-state index contributed by atoms with van der Waals surface area (Å²) in [6.45, 7) is 4.95. The smallest absolute Gasteiger partial charge is 0.462 e. The van der Waals surface area contributed by atoms with Crippen molar-refractivity contribution in [1.29, 1.82) is 0 Å². The molecule has 98 heavy (non-hydrogen) atoms. The second kappa shape index (κ2) is 72.9. The highest BCUT2D eigenvalue weighted by Crippen LogP contribution is 2.45. The van der Waals surface area contributed by atoms with Crippen molar-refractivity contribution >= 4 is 39.5 Å². The first-order valence-electron chi connectivity index (χ1n) is 40.6. The SMILES string of the molecule is CCCCC/C=C\C/C=C\CCCCCCCC(=O)OCC(COP(=O)(O)OCC(O)COP(=O)(O)OCC(COC(=O)CCCCCCCCCCCCCCCCC)OC(=O)CCCCCCCCCCCCCCCCC)OC(=O)CCCCCCCCCCCCCCC. The first kappa shape index (κ1) is 95.5. The molecule has 0 bridgehead atoms. The van der Waals surface area contributed by atoms with E-state index < -0.39 is 97.5 Å². The molecule has 0 rings (SSSR count). The van der Waals surface area contributed by atoms with E-state index in [1.165, 1.54) is 205 Å². The number of ether oxygens (including phenoxy) is 4. The number of hydrogen-bond acceptors (Lipinski definition) is 15. The molecule has 0 aliphatic heterocycles. The van der Waals surface area contributed by atoms with Gasteiger partial charge < -0.3 is 33.8 Å². The molecule has 3 N–H and O–H groups in total. The van der Waals surface area contributed by atoms with Gasteiger partial charge in [-0.2, -0.15) is 0 Å². The molecule has 17 nitrogen and oxygen atoms in total. The van der Waals surface area contributed by atoms with Crippen LogP contribution < -0.4 is 0 Å². The monoisotopic (exact) mass is 1430 g/mol. The van der Waals surface area contributed by atoms with E-state index in [0.717, 1.165) is 116 Å². The van der Waals surface area contributed by atoms with E-state index in [4.69, 9.17) is 37.0 Å². The van der Waals surface area contributed by atoms with Gasteiger partial charge in [-0.1, -0.05) is 341 Å². The lowest BCUT2D eigenvalue weighted by molar-refractivity contribution is -0.161. The molecule has 5 unspecified atom stereocenters. The summed E-state index contributed by atoms with van der Waals surface area (Å²) in [5, 5.41) is 10.6. The van der Waals surface area contributed by atoms with Gasteiger partial charge >= 0.3 is 39.5 Å². The molecular weight excluding hydrogens is 1280 g/mol. The topological polar surface area (TPSA) is 237 Å². The summed E-state index contributed by atoms with van der Waals surface area (Å²) in [5.41, 5.74) is 0. The molecule has 5 atom stereocenters. The summed E-state index contributed by atoms with van der Waals surface area (Å²) in [6, 6.07) is 0. The number of aliphatic hydroxyl groups excluding tert-OH is 1. The summed E-state index contributed by atoms with van der Waals surface area (Å²) >= 11 is 0. The van der Waals surface area contributed by atoms with E-state index in [-0.39, 0.29) is 25.7 Å². The van der Waals surface area contributed by atoms with Crippen molar-refractivity contribution in [1.82, 2.24) is 0 Å². The minimum Gasteiger partial charge on any atom is -0.462 e. The summed E-state index contributed by atoms with van der Waals surface area (Å²) in [7, 11) is -9.93. The molecule has 0 fully saturated rings. The average Bonchev–Trinajstić information content (AvgIpc) is 0.959. The van der Waals surface area contributed by atoms with Crippen molar-refractivity contribution in [3.8, 4) is 0 Å². The van der Waals surface area contributed by atoms with Gasteiger partial charge in [0.05, 0.1) is 26.4 Å². The number of aliphatic hydroxyl groups is 1. The zero-order valence-electron chi connectivity index (χ0n) is 63.2. The quantitative estimate of drug-likeness (QED) is 0.0169. The van der Waals surface area contributed by atoms with Gasteiger partial charge in [-0.05, 0) is 57.8 Å². The number of phosphoric ester groups is 2. The molecule has 578 valence electrons. The standard InChI is InChI=1S/C79H150O17P2/c1-5-9-13-17-21-25-29-33-36-40-43-47-51-55-59-63-76(81)89-69-74(95-78(83)65-61-57-53-49-45-39-32-28-24-20-16-12-8-4)71-93-97(85,86)91-67-73(80)68-92-98(87,88)94-72-75(96-79(84)66-62-58-54-50-46-42-38-35-31-27-23-19-15-11-7-3)70-90-77(82)64-60-56-52-48-44-41-37-34-30-26-22-18-14-10-6-2/h21,25,33,36,73-75,80H,5-20,22-24,26-32,34-35,37-72H2,1-4H3,(H,85,86)(H,87,88)/b25-21-,36-33-. The van der Waals surface area contributed by atoms with Crippen LogP contribution in [0.15, 0.2) is 24.3 Å². The van der Waals surface area contributed by atoms with E-state index >= 15 is 0 Å². The maximum absolute atomic E-state index is 13.1. The molecule has 0 saturated heterocycles. The van der Waals surface area contributed by atoms with Gasteiger partial charge in [0.2, 0.25) is 0 Å². The second-order valence-electron chi connectivity index (χ2n) is 27.7. The highest BCUT2D eigenvalue weighted by Gasteiger charge is 2.30. The van der Waals surface area contributed by atoms with Gasteiger partial charge in [0, 0.05) is 25.7 Å². The van der Waals surface area contributed by atoms with Crippen LogP contribution in [0.5, 0.6) is 0 Å². The predicted octanol–water partition coefficient (Wildman–Crippen LogP) is 23.3. The van der Waals surface area contributed by atoms with Crippen molar-refractivity contribution in [2.45, 2.75) is 418 Å². The minimum atomic E-state index is -4.96. The molecule has 0 aliphatic rings. The van der Waals surface area contributed by atoms with Crippen molar-refractivity contribution in [3.05, 3.63) is 24.3 Å². The van der Waals surface area contributed by atoms with E-state index in [1.54, 1.807) is 0 Å². The van der Waals surface area contributed by atoms with E-state index in [2.05, 4.69) is 52.0 Å². The van der Waals surface area contributed by atoms with Crippen LogP contribution in [-0.4, -0.2) is 96.7 Å². The number of allylic oxidation sites excluding steroid dienone is 4. The Kier molecular flexibility index (Phi) is 71.0. The Morgan fingerprint density at radius 1 is 0.286 bits per heavy atom. The van der Waals surface area contributed by atoms with Crippen LogP contribution in [0.4, 0.5) is 0 Å². The molecule has 0 heterocycles. The Morgan fingerprint density at radius 3 is 0.776 bits per heavy atom. The fraction of sp³-hybridized carbons (Fsp3) is 0.899. The van der Waals surface area contributed by atoms with Gasteiger partial charge in [0.25, 0.3) is 0 Å². The molecule has 0 aromatic heterocycles. The molecule has 0 aromatic carbocycles. The van der Waals surface area contributed by atoms with Gasteiger partial charge in [-0.3, -0.25) is 37.3 Å². The lowest BCUT2D eigenvalue weighted by Gasteiger charge is -2.21. The van der Waals surface area contributed by atoms with Gasteiger partial charge in [0.1, 0.15) is 19.3 Å². The molecule has 19 heteroatoms. The Hall–Kier alpha value is -2.46. The minimum absolute atomic E-state index is 0.102. The molecule has 0 saturated carbocycles. The molecule has 0 aromatic rings. The van der Waals surface area contributed by atoms with Crippen LogP contribution in [-0.2, 0) is 65.4 Å². The molecular formula is C79H150O17P2. The number of carbonyl (C=O) groups excluding carboxylic acids is 4. The molecule has 0 amide bonds. The number of unbranched alkanes of at least 4 members (excludes halogenated alkanes) is 48. The summed E-state index contributed by atoms with van der Waals surface area (Å²) in [4.78, 5) is 73.0. The first-order valence-corrected chi connectivity index (χ1v) is 43.6. The summed E-state index contributed by atoms with van der Waals surface area (Å²) < 4.78 is 68.6. The Labute approximate surface area is 599 Å². The third-order valence-corrected chi connectivity index (χ3v) is 19.9. The maximum Gasteiger partial charge on any atom is 0.472 e. The predicted molar refractivity (Wildman–Crippen MR) is 400 cm³/mol. The van der Waals surface area contributed by atoms with Crippen LogP contribution in [0.3, 0.4) is 0 Å². The van der Waals surface area contributed by atoms with Crippen LogP contribution in [0, 0.1) is 0 Å². The number of rotatable bonds is 78. The van der Waals surface area contributed by atoms with Gasteiger partial charge in [0.15, 0.2) is 12.2 Å². The number of esters is 4.